The first-order valence-corrected chi connectivity index (χ1v) is 7.29. The summed E-state index contributed by atoms with van der Waals surface area (Å²) >= 11 is 0. The van der Waals surface area contributed by atoms with Gasteiger partial charge in [0.1, 0.15) is 0 Å². The molecule has 0 radical (unpaired) electrons. The van der Waals surface area contributed by atoms with Crippen LogP contribution in [0.1, 0.15) is 25.7 Å². The van der Waals surface area contributed by atoms with E-state index in [0.717, 1.165) is 19.1 Å². The Morgan fingerprint density at radius 3 is 2.24 bits per heavy atom. The maximum Gasteiger partial charge on any atom is 0.0324 e. The molecule has 4 nitrogen and oxygen atoms in total. The normalized spacial score (nSPS) is 37.9. The van der Waals surface area contributed by atoms with E-state index >= 15 is 0 Å². The van der Waals surface area contributed by atoms with E-state index in [-0.39, 0.29) is 0 Å². The number of nitrogens with zero attached hydrogens (tertiary/aromatic N) is 2. The second-order valence-electron chi connectivity index (χ2n) is 5.88. The molecule has 98 valence electrons. The summed E-state index contributed by atoms with van der Waals surface area (Å²) < 4.78 is 0. The van der Waals surface area contributed by atoms with Gasteiger partial charge in [-0.1, -0.05) is 6.42 Å². The maximum absolute atomic E-state index is 6.22. The lowest BCUT2D eigenvalue weighted by Gasteiger charge is -2.47. The second-order valence-corrected chi connectivity index (χ2v) is 5.88. The van der Waals surface area contributed by atoms with Crippen molar-refractivity contribution >= 4 is 0 Å². The third kappa shape index (κ3) is 2.50. The topological polar surface area (TPSA) is 44.5 Å². The van der Waals surface area contributed by atoms with Crippen LogP contribution < -0.4 is 11.1 Å². The van der Waals surface area contributed by atoms with E-state index in [9.17, 15) is 0 Å². The van der Waals surface area contributed by atoms with Crippen LogP contribution in [0.2, 0.25) is 0 Å². The van der Waals surface area contributed by atoms with Gasteiger partial charge in [-0.15, -0.1) is 0 Å². The zero-order valence-corrected chi connectivity index (χ0v) is 10.8. The molecule has 4 heteroatoms. The number of hydrogen-bond donors (Lipinski definition) is 2. The minimum absolute atomic E-state index is 0.332. The highest BCUT2D eigenvalue weighted by Gasteiger charge is 2.32. The summed E-state index contributed by atoms with van der Waals surface area (Å²) in [7, 11) is 0. The van der Waals surface area contributed by atoms with Crippen LogP contribution in [-0.2, 0) is 0 Å². The summed E-state index contributed by atoms with van der Waals surface area (Å²) in [6.45, 7) is 7.13. The van der Waals surface area contributed by atoms with Gasteiger partial charge in [0, 0.05) is 50.8 Å². The number of piperazine rings is 1. The predicted molar refractivity (Wildman–Crippen MR) is 70.0 cm³/mol. The zero-order chi connectivity index (χ0) is 11.7. The fraction of sp³-hybridized carbons (Fsp3) is 1.00. The van der Waals surface area contributed by atoms with E-state index in [0.29, 0.717) is 12.1 Å². The Balaban J connectivity index is 1.49. The molecule has 0 aromatic heterocycles. The fourth-order valence-electron chi connectivity index (χ4n) is 3.51. The lowest BCUT2D eigenvalue weighted by atomic mass is 9.90. The van der Waals surface area contributed by atoms with Gasteiger partial charge >= 0.3 is 0 Å². The fourth-order valence-corrected chi connectivity index (χ4v) is 3.51. The van der Waals surface area contributed by atoms with Gasteiger partial charge in [0.25, 0.3) is 0 Å². The van der Waals surface area contributed by atoms with Crippen LogP contribution in [0.4, 0.5) is 0 Å². The average Bonchev–Trinajstić information content (AvgIpc) is 2.29. The van der Waals surface area contributed by atoms with E-state index in [2.05, 4.69) is 15.1 Å². The van der Waals surface area contributed by atoms with Crippen LogP contribution in [0.5, 0.6) is 0 Å². The van der Waals surface area contributed by atoms with Gasteiger partial charge in [0.15, 0.2) is 0 Å². The first-order chi connectivity index (χ1) is 8.34. The third-order valence-corrected chi connectivity index (χ3v) is 4.90. The number of hydrogen-bond acceptors (Lipinski definition) is 4. The number of nitrogens with one attached hydrogen (secondary N) is 1. The van der Waals surface area contributed by atoms with E-state index < -0.39 is 0 Å². The van der Waals surface area contributed by atoms with E-state index in [1.165, 1.54) is 51.9 Å². The average molecular weight is 238 g/mol. The SMILES string of the molecule is NC1CNCCC1N1CCN(C2CCC2)CC1. The molecule has 1 aliphatic carbocycles. The molecule has 17 heavy (non-hydrogen) atoms. The molecular weight excluding hydrogens is 212 g/mol. The molecule has 3 N–H and O–H groups in total. The largest absolute Gasteiger partial charge is 0.325 e. The Morgan fingerprint density at radius 2 is 1.65 bits per heavy atom. The zero-order valence-electron chi connectivity index (χ0n) is 10.8. The van der Waals surface area contributed by atoms with Crippen molar-refractivity contribution < 1.29 is 0 Å². The molecule has 0 aromatic carbocycles. The molecule has 1 saturated carbocycles. The summed E-state index contributed by atoms with van der Waals surface area (Å²) in [5.74, 6) is 0. The molecule has 3 aliphatic rings. The highest BCUT2D eigenvalue weighted by atomic mass is 15.3. The van der Waals surface area contributed by atoms with Gasteiger partial charge in [0.05, 0.1) is 0 Å². The van der Waals surface area contributed by atoms with Crippen LogP contribution in [0.25, 0.3) is 0 Å². The van der Waals surface area contributed by atoms with Crippen molar-refractivity contribution in [1.29, 1.82) is 0 Å². The predicted octanol–water partition coefficient (Wildman–Crippen LogP) is -0.154. The highest BCUT2D eigenvalue weighted by Crippen LogP contribution is 2.26. The Bertz CT molecular complexity index is 246. The highest BCUT2D eigenvalue weighted by molar-refractivity contribution is 4.92. The summed E-state index contributed by atoms with van der Waals surface area (Å²) in [6, 6.07) is 1.87. The molecule has 0 spiro atoms. The standard InChI is InChI=1S/C13H26N4/c14-12-10-15-5-4-13(12)17-8-6-16(7-9-17)11-2-1-3-11/h11-13,15H,1-10,14H2. The molecule has 2 atom stereocenters. The van der Waals surface area contributed by atoms with Crippen molar-refractivity contribution in [3.8, 4) is 0 Å². The molecule has 2 heterocycles. The van der Waals surface area contributed by atoms with Gasteiger partial charge in [-0.2, -0.15) is 0 Å². The molecule has 2 aliphatic heterocycles. The number of rotatable bonds is 2. The Kier molecular flexibility index (Phi) is 3.66. The number of nitrogens with two attached hydrogens (primary N) is 1. The first kappa shape index (κ1) is 11.9. The van der Waals surface area contributed by atoms with Crippen molar-refractivity contribution in [2.24, 2.45) is 5.73 Å². The van der Waals surface area contributed by atoms with Gasteiger partial charge in [-0.05, 0) is 25.8 Å². The van der Waals surface area contributed by atoms with Crippen LogP contribution in [-0.4, -0.2) is 67.2 Å². The summed E-state index contributed by atoms with van der Waals surface area (Å²) in [5, 5.41) is 3.39. The molecule has 3 fully saturated rings. The van der Waals surface area contributed by atoms with Gasteiger partial charge in [-0.3, -0.25) is 9.80 Å². The Morgan fingerprint density at radius 1 is 0.941 bits per heavy atom. The van der Waals surface area contributed by atoms with Gasteiger partial charge in [0.2, 0.25) is 0 Å². The van der Waals surface area contributed by atoms with Gasteiger partial charge < -0.3 is 11.1 Å². The molecular formula is C13H26N4. The molecule has 0 aromatic rings. The molecule has 2 saturated heterocycles. The third-order valence-electron chi connectivity index (χ3n) is 4.90. The molecule has 2 unspecified atom stereocenters. The number of piperidine rings is 1. The lowest BCUT2D eigenvalue weighted by molar-refractivity contribution is 0.0311. The van der Waals surface area contributed by atoms with Crippen LogP contribution >= 0.6 is 0 Å². The maximum atomic E-state index is 6.22. The Hall–Kier alpha value is -0.160. The van der Waals surface area contributed by atoms with Crippen molar-refractivity contribution in [3.05, 3.63) is 0 Å². The first-order valence-electron chi connectivity index (χ1n) is 7.29. The van der Waals surface area contributed by atoms with Gasteiger partial charge in [-0.25, -0.2) is 0 Å². The minimum Gasteiger partial charge on any atom is -0.325 e. The quantitative estimate of drug-likeness (QED) is 0.702. The summed E-state index contributed by atoms with van der Waals surface area (Å²) in [5.41, 5.74) is 6.22. The molecule has 0 amide bonds. The van der Waals surface area contributed by atoms with E-state index in [1.807, 2.05) is 0 Å². The van der Waals surface area contributed by atoms with Crippen LogP contribution in [0.15, 0.2) is 0 Å². The van der Waals surface area contributed by atoms with Crippen molar-refractivity contribution in [2.45, 2.75) is 43.8 Å². The van der Waals surface area contributed by atoms with E-state index in [1.54, 1.807) is 0 Å². The van der Waals surface area contributed by atoms with Crippen molar-refractivity contribution in [1.82, 2.24) is 15.1 Å². The second kappa shape index (κ2) is 5.22. The van der Waals surface area contributed by atoms with Crippen LogP contribution in [0.3, 0.4) is 0 Å². The van der Waals surface area contributed by atoms with E-state index in [4.69, 9.17) is 5.73 Å². The lowest BCUT2D eigenvalue weighted by Crippen LogP contribution is -2.61. The minimum atomic E-state index is 0.332. The molecule has 0 bridgehead atoms. The summed E-state index contributed by atoms with van der Waals surface area (Å²) in [4.78, 5) is 5.34. The van der Waals surface area contributed by atoms with Crippen molar-refractivity contribution in [2.75, 3.05) is 39.3 Å². The Labute approximate surface area is 105 Å². The van der Waals surface area contributed by atoms with Crippen molar-refractivity contribution in [3.63, 3.8) is 0 Å². The van der Waals surface area contributed by atoms with Crippen LogP contribution in [0, 0.1) is 0 Å². The summed E-state index contributed by atoms with van der Waals surface area (Å²) in [6.07, 6.45) is 5.55. The monoisotopic (exact) mass is 238 g/mol. The smallest absolute Gasteiger partial charge is 0.0324 e. The molecule has 3 rings (SSSR count).